The molecule has 19 heavy (non-hydrogen) atoms. The number of aryl methyl sites for hydroxylation is 2. The molecule has 2 aromatic rings. The van der Waals surface area contributed by atoms with Crippen LogP contribution in [0, 0.1) is 0 Å². The second-order valence-corrected chi connectivity index (χ2v) is 4.59. The van der Waals surface area contributed by atoms with E-state index in [0.717, 1.165) is 36.0 Å². The Labute approximate surface area is 118 Å². The number of rotatable bonds is 5. The van der Waals surface area contributed by atoms with Gasteiger partial charge in [-0.3, -0.25) is 0 Å². The molecule has 0 saturated carbocycles. The van der Waals surface area contributed by atoms with Gasteiger partial charge in [-0.05, 0) is 12.1 Å². The minimum absolute atomic E-state index is 0.546. The number of hydrogen-bond acceptors (Lipinski definition) is 4. The minimum atomic E-state index is 0.546. The maximum Gasteiger partial charge on any atom is 0.150 e. The maximum absolute atomic E-state index is 6.19. The van der Waals surface area contributed by atoms with Crippen molar-refractivity contribution in [3.8, 4) is 0 Å². The van der Waals surface area contributed by atoms with Gasteiger partial charge in [-0.15, -0.1) is 0 Å². The number of nitrogens with one attached hydrogen (secondary N) is 1. The molecule has 0 bridgehead atoms. The summed E-state index contributed by atoms with van der Waals surface area (Å²) in [7, 11) is 1.84. The van der Waals surface area contributed by atoms with E-state index in [4.69, 9.17) is 11.6 Å². The van der Waals surface area contributed by atoms with Gasteiger partial charge in [0.2, 0.25) is 0 Å². The highest BCUT2D eigenvalue weighted by molar-refractivity contribution is 6.31. The van der Waals surface area contributed by atoms with Gasteiger partial charge >= 0.3 is 0 Å². The molecule has 0 atom stereocenters. The topological polar surface area (TPSA) is 55.6 Å². The van der Waals surface area contributed by atoms with Crippen molar-refractivity contribution in [2.45, 2.75) is 33.2 Å². The van der Waals surface area contributed by atoms with Gasteiger partial charge in [0.25, 0.3) is 0 Å². The van der Waals surface area contributed by atoms with E-state index in [9.17, 15) is 0 Å². The number of nitrogens with zero attached hydrogens (tertiary/aromatic N) is 4. The molecule has 2 heterocycles. The molecule has 0 saturated heterocycles. The Kier molecular flexibility index (Phi) is 4.37. The van der Waals surface area contributed by atoms with E-state index in [1.807, 2.05) is 30.8 Å². The highest BCUT2D eigenvalue weighted by Gasteiger charge is 2.11. The molecular formula is C13H18ClN5. The summed E-state index contributed by atoms with van der Waals surface area (Å²) in [6.07, 6.45) is 1.67. The first kappa shape index (κ1) is 13.8. The third-order valence-corrected chi connectivity index (χ3v) is 3.24. The second-order valence-electron chi connectivity index (χ2n) is 4.18. The quantitative estimate of drug-likeness (QED) is 0.914. The van der Waals surface area contributed by atoms with Crippen LogP contribution in [0.1, 0.15) is 31.2 Å². The minimum Gasteiger partial charge on any atom is -0.373 e. The summed E-state index contributed by atoms with van der Waals surface area (Å²) in [5.74, 6) is 2.62. The smallest absolute Gasteiger partial charge is 0.150 e. The third kappa shape index (κ3) is 3.04. The standard InChI is InChI=1S/C13H18ClN5/c1-4-11-17-13(5-2)19(18-11)8-10-9(14)6-7-12(15-3)16-10/h6-7H,4-5,8H2,1-3H3,(H,15,16). The Morgan fingerprint density at radius 1 is 1.21 bits per heavy atom. The summed E-state index contributed by atoms with van der Waals surface area (Å²) in [5.41, 5.74) is 0.802. The van der Waals surface area contributed by atoms with Gasteiger partial charge in [0.1, 0.15) is 11.6 Å². The highest BCUT2D eigenvalue weighted by Crippen LogP contribution is 2.18. The van der Waals surface area contributed by atoms with E-state index in [0.29, 0.717) is 11.6 Å². The Balaban J connectivity index is 2.32. The lowest BCUT2D eigenvalue weighted by molar-refractivity contribution is 0.627. The zero-order valence-corrected chi connectivity index (χ0v) is 12.2. The molecule has 0 unspecified atom stereocenters. The normalized spacial score (nSPS) is 10.7. The molecule has 0 spiro atoms. The van der Waals surface area contributed by atoms with E-state index in [2.05, 4.69) is 27.3 Å². The van der Waals surface area contributed by atoms with E-state index in [-0.39, 0.29) is 0 Å². The number of aromatic nitrogens is 4. The fourth-order valence-electron chi connectivity index (χ4n) is 1.84. The number of pyridine rings is 1. The average molecular weight is 280 g/mol. The maximum atomic E-state index is 6.19. The number of hydrogen-bond donors (Lipinski definition) is 1. The first-order chi connectivity index (χ1) is 9.17. The van der Waals surface area contributed by atoms with Gasteiger partial charge in [0.05, 0.1) is 17.3 Å². The Hall–Kier alpha value is -1.62. The van der Waals surface area contributed by atoms with Crippen molar-refractivity contribution in [2.24, 2.45) is 0 Å². The van der Waals surface area contributed by atoms with Crippen molar-refractivity contribution in [3.05, 3.63) is 34.5 Å². The molecule has 2 rings (SSSR count). The fourth-order valence-corrected chi connectivity index (χ4v) is 2.01. The van der Waals surface area contributed by atoms with Crippen LogP contribution in [0.4, 0.5) is 5.82 Å². The van der Waals surface area contributed by atoms with Crippen LogP contribution in [0.3, 0.4) is 0 Å². The molecule has 1 N–H and O–H groups in total. The zero-order valence-electron chi connectivity index (χ0n) is 11.4. The zero-order chi connectivity index (χ0) is 13.8. The van der Waals surface area contributed by atoms with Crippen LogP contribution in [0.15, 0.2) is 12.1 Å². The van der Waals surface area contributed by atoms with Gasteiger partial charge in [-0.2, -0.15) is 5.10 Å². The highest BCUT2D eigenvalue weighted by atomic mass is 35.5. The Morgan fingerprint density at radius 2 is 2.00 bits per heavy atom. The average Bonchev–Trinajstić information content (AvgIpc) is 2.83. The van der Waals surface area contributed by atoms with Gasteiger partial charge in [0.15, 0.2) is 5.82 Å². The first-order valence-electron chi connectivity index (χ1n) is 6.43. The van der Waals surface area contributed by atoms with Crippen molar-refractivity contribution in [1.29, 1.82) is 0 Å². The van der Waals surface area contributed by atoms with Crippen LogP contribution in [-0.2, 0) is 19.4 Å². The van der Waals surface area contributed by atoms with Crippen LogP contribution < -0.4 is 5.32 Å². The Morgan fingerprint density at radius 3 is 2.63 bits per heavy atom. The van der Waals surface area contributed by atoms with Crippen molar-refractivity contribution in [1.82, 2.24) is 19.7 Å². The van der Waals surface area contributed by atoms with Crippen LogP contribution >= 0.6 is 11.6 Å². The summed E-state index contributed by atoms with van der Waals surface area (Å²) in [6.45, 7) is 4.66. The molecule has 0 amide bonds. The lowest BCUT2D eigenvalue weighted by Crippen LogP contribution is -2.09. The molecule has 102 valence electrons. The van der Waals surface area contributed by atoms with Gasteiger partial charge in [0, 0.05) is 19.9 Å². The molecule has 6 heteroatoms. The molecule has 0 aliphatic heterocycles. The molecule has 0 aromatic carbocycles. The number of anilines is 1. The van der Waals surface area contributed by atoms with E-state index in [1.165, 1.54) is 0 Å². The monoisotopic (exact) mass is 279 g/mol. The van der Waals surface area contributed by atoms with Gasteiger partial charge in [-0.25, -0.2) is 14.6 Å². The molecule has 2 aromatic heterocycles. The lowest BCUT2D eigenvalue weighted by Gasteiger charge is -2.08. The molecule has 5 nitrogen and oxygen atoms in total. The second kappa shape index (κ2) is 6.02. The summed E-state index contributed by atoms with van der Waals surface area (Å²) in [4.78, 5) is 8.95. The van der Waals surface area contributed by atoms with Crippen LogP contribution in [0.2, 0.25) is 5.02 Å². The predicted molar refractivity (Wildman–Crippen MR) is 76.7 cm³/mol. The predicted octanol–water partition coefficient (Wildman–Crippen LogP) is 2.54. The van der Waals surface area contributed by atoms with E-state index >= 15 is 0 Å². The SMILES string of the molecule is CCc1nc(CC)n(Cc2nc(NC)ccc2Cl)n1. The van der Waals surface area contributed by atoms with Crippen LogP contribution in [0.5, 0.6) is 0 Å². The summed E-state index contributed by atoms with van der Waals surface area (Å²) in [6, 6.07) is 3.70. The molecular weight excluding hydrogens is 262 g/mol. The lowest BCUT2D eigenvalue weighted by atomic mass is 10.3. The summed E-state index contributed by atoms with van der Waals surface area (Å²) >= 11 is 6.19. The van der Waals surface area contributed by atoms with E-state index in [1.54, 1.807) is 0 Å². The molecule has 0 fully saturated rings. The van der Waals surface area contributed by atoms with Gasteiger partial charge < -0.3 is 5.32 Å². The molecule has 0 aliphatic rings. The first-order valence-corrected chi connectivity index (χ1v) is 6.81. The Bertz CT molecular complexity index is 564. The molecule has 0 radical (unpaired) electrons. The fraction of sp³-hybridized carbons (Fsp3) is 0.462. The van der Waals surface area contributed by atoms with Gasteiger partial charge in [-0.1, -0.05) is 25.4 Å². The largest absolute Gasteiger partial charge is 0.373 e. The van der Waals surface area contributed by atoms with Crippen molar-refractivity contribution < 1.29 is 0 Å². The van der Waals surface area contributed by atoms with Crippen molar-refractivity contribution in [2.75, 3.05) is 12.4 Å². The van der Waals surface area contributed by atoms with Crippen molar-refractivity contribution >= 4 is 17.4 Å². The van der Waals surface area contributed by atoms with Crippen LogP contribution in [-0.4, -0.2) is 26.8 Å². The van der Waals surface area contributed by atoms with Crippen molar-refractivity contribution in [3.63, 3.8) is 0 Å². The number of halogens is 1. The van der Waals surface area contributed by atoms with Crippen LogP contribution in [0.25, 0.3) is 0 Å². The summed E-state index contributed by atoms with van der Waals surface area (Å²) < 4.78 is 1.88. The summed E-state index contributed by atoms with van der Waals surface area (Å²) in [5, 5.41) is 8.14. The third-order valence-electron chi connectivity index (χ3n) is 2.90. The van der Waals surface area contributed by atoms with E-state index < -0.39 is 0 Å². The molecule has 0 aliphatic carbocycles.